The summed E-state index contributed by atoms with van der Waals surface area (Å²) in [5.74, 6) is 0.0253. The summed E-state index contributed by atoms with van der Waals surface area (Å²) in [6, 6.07) is 17.2. The van der Waals surface area contributed by atoms with E-state index in [1.54, 1.807) is 12.1 Å². The van der Waals surface area contributed by atoms with Crippen molar-refractivity contribution in [3.05, 3.63) is 70.7 Å². The normalized spacial score (nSPS) is 16.9. The Kier molecular flexibility index (Phi) is 5.44. The maximum absolute atomic E-state index is 13.0. The van der Waals surface area contributed by atoms with Gasteiger partial charge in [0, 0.05) is 10.6 Å². The third-order valence-corrected chi connectivity index (χ3v) is 4.59. The lowest BCUT2D eigenvalue weighted by Crippen LogP contribution is -3.14. The zero-order valence-electron chi connectivity index (χ0n) is 13.0. The summed E-state index contributed by atoms with van der Waals surface area (Å²) in [6.45, 7) is 4.25. The molecule has 0 aromatic heterocycles. The van der Waals surface area contributed by atoms with Crippen LogP contribution < -0.4 is 4.90 Å². The molecule has 2 aromatic carbocycles. The second kappa shape index (κ2) is 7.73. The molecule has 1 aliphatic heterocycles. The van der Waals surface area contributed by atoms with Gasteiger partial charge in [0.15, 0.2) is 5.78 Å². The van der Waals surface area contributed by atoms with E-state index in [1.807, 2.05) is 42.5 Å². The number of rotatable bonds is 5. The summed E-state index contributed by atoms with van der Waals surface area (Å²) >= 11 is 5.94. The van der Waals surface area contributed by atoms with Gasteiger partial charge in [-0.2, -0.15) is 0 Å². The van der Waals surface area contributed by atoms with Crippen molar-refractivity contribution < 1.29 is 14.4 Å². The molecule has 120 valence electrons. The third-order valence-electron chi connectivity index (χ3n) is 4.34. The van der Waals surface area contributed by atoms with E-state index < -0.39 is 0 Å². The Morgan fingerprint density at radius 3 is 2.35 bits per heavy atom. The van der Waals surface area contributed by atoms with E-state index in [0.717, 1.165) is 44.0 Å². The van der Waals surface area contributed by atoms with E-state index in [4.69, 9.17) is 16.3 Å². The van der Waals surface area contributed by atoms with Crippen LogP contribution >= 0.6 is 11.6 Å². The highest BCUT2D eigenvalue weighted by molar-refractivity contribution is 6.30. The second-order valence-corrected chi connectivity index (χ2v) is 6.34. The van der Waals surface area contributed by atoms with Crippen molar-refractivity contribution in [1.82, 2.24) is 0 Å². The smallest absolute Gasteiger partial charge is 0.175 e. The summed E-state index contributed by atoms with van der Waals surface area (Å²) in [4.78, 5) is 14.5. The Balaban J connectivity index is 1.84. The molecular weight excluding hydrogens is 310 g/mol. The molecule has 1 atom stereocenters. The lowest BCUT2D eigenvalue weighted by atomic mass is 9.90. The van der Waals surface area contributed by atoms with Gasteiger partial charge in [-0.3, -0.25) is 4.79 Å². The van der Waals surface area contributed by atoms with Gasteiger partial charge in [-0.15, -0.1) is 0 Å². The summed E-state index contributed by atoms with van der Waals surface area (Å²) in [7, 11) is 0. The predicted molar refractivity (Wildman–Crippen MR) is 91.3 cm³/mol. The van der Waals surface area contributed by atoms with Gasteiger partial charge in [0.2, 0.25) is 0 Å². The maximum atomic E-state index is 13.0. The summed E-state index contributed by atoms with van der Waals surface area (Å²) < 4.78 is 5.42. The highest BCUT2D eigenvalue weighted by atomic mass is 35.5. The molecule has 0 unspecified atom stereocenters. The SMILES string of the molecule is O=C(c1ccc(Cl)cc1)[C@@H](C[NH+]1CCOCC1)c1ccccc1. The number of morpholine rings is 1. The monoisotopic (exact) mass is 330 g/mol. The summed E-state index contributed by atoms with van der Waals surface area (Å²) in [6.07, 6.45) is 0. The Bertz CT molecular complexity index is 636. The van der Waals surface area contributed by atoms with Crippen molar-refractivity contribution in [2.24, 2.45) is 0 Å². The maximum Gasteiger partial charge on any atom is 0.175 e. The van der Waals surface area contributed by atoms with Crippen molar-refractivity contribution in [2.75, 3.05) is 32.8 Å². The average molecular weight is 331 g/mol. The minimum atomic E-state index is -0.134. The first kappa shape index (κ1) is 16.2. The van der Waals surface area contributed by atoms with Gasteiger partial charge < -0.3 is 9.64 Å². The molecule has 1 N–H and O–H groups in total. The highest BCUT2D eigenvalue weighted by Gasteiger charge is 2.28. The first-order valence-corrected chi connectivity index (χ1v) is 8.38. The number of hydrogen-bond acceptors (Lipinski definition) is 2. The molecule has 4 heteroatoms. The zero-order chi connectivity index (χ0) is 16.1. The molecular formula is C19H21ClNO2+. The average Bonchev–Trinajstić information content (AvgIpc) is 2.61. The number of carbonyl (C=O) groups excluding carboxylic acids is 1. The Hall–Kier alpha value is -1.68. The van der Waals surface area contributed by atoms with Crippen LogP contribution in [-0.2, 0) is 4.74 Å². The lowest BCUT2D eigenvalue weighted by Gasteiger charge is -2.27. The molecule has 0 aliphatic carbocycles. The van der Waals surface area contributed by atoms with Gasteiger partial charge in [-0.05, 0) is 29.8 Å². The van der Waals surface area contributed by atoms with E-state index in [-0.39, 0.29) is 11.7 Å². The quantitative estimate of drug-likeness (QED) is 0.852. The first-order chi connectivity index (χ1) is 11.2. The van der Waals surface area contributed by atoms with Crippen molar-refractivity contribution in [1.29, 1.82) is 0 Å². The minimum Gasteiger partial charge on any atom is -0.370 e. The fourth-order valence-electron chi connectivity index (χ4n) is 3.02. The predicted octanol–water partition coefficient (Wildman–Crippen LogP) is 2.22. The van der Waals surface area contributed by atoms with Crippen LogP contribution in [0, 0.1) is 0 Å². The van der Waals surface area contributed by atoms with Crippen LogP contribution in [0.15, 0.2) is 54.6 Å². The fraction of sp³-hybridized carbons (Fsp3) is 0.316. The van der Waals surface area contributed by atoms with Crippen molar-refractivity contribution >= 4 is 17.4 Å². The zero-order valence-corrected chi connectivity index (χ0v) is 13.8. The van der Waals surface area contributed by atoms with Crippen LogP contribution in [0.3, 0.4) is 0 Å². The van der Waals surface area contributed by atoms with Gasteiger partial charge >= 0.3 is 0 Å². The number of Topliss-reactive ketones (excluding diaryl/α,β-unsaturated/α-hetero) is 1. The number of carbonyl (C=O) groups is 1. The van der Waals surface area contributed by atoms with E-state index in [2.05, 4.69) is 0 Å². The number of ether oxygens (including phenoxy) is 1. The highest BCUT2D eigenvalue weighted by Crippen LogP contribution is 2.21. The minimum absolute atomic E-state index is 0.134. The van der Waals surface area contributed by atoms with Crippen LogP contribution in [0.4, 0.5) is 0 Å². The Labute approximate surface area is 141 Å². The van der Waals surface area contributed by atoms with E-state index in [0.29, 0.717) is 5.02 Å². The molecule has 1 saturated heterocycles. The molecule has 1 heterocycles. The molecule has 3 nitrogen and oxygen atoms in total. The Morgan fingerprint density at radius 1 is 1.04 bits per heavy atom. The van der Waals surface area contributed by atoms with Crippen molar-refractivity contribution in [3.8, 4) is 0 Å². The topological polar surface area (TPSA) is 30.7 Å². The summed E-state index contributed by atoms with van der Waals surface area (Å²) in [5, 5.41) is 0.650. The van der Waals surface area contributed by atoms with Crippen LogP contribution in [0.1, 0.15) is 21.8 Å². The molecule has 1 fully saturated rings. The van der Waals surface area contributed by atoms with E-state index >= 15 is 0 Å². The van der Waals surface area contributed by atoms with Crippen molar-refractivity contribution in [3.63, 3.8) is 0 Å². The van der Waals surface area contributed by atoms with Crippen molar-refractivity contribution in [2.45, 2.75) is 5.92 Å². The Morgan fingerprint density at radius 2 is 1.70 bits per heavy atom. The van der Waals surface area contributed by atoms with Crippen LogP contribution in [0.25, 0.3) is 0 Å². The van der Waals surface area contributed by atoms with Gasteiger partial charge in [-0.1, -0.05) is 41.9 Å². The standard InChI is InChI=1S/C19H20ClNO2/c20-17-8-6-16(7-9-17)19(22)18(15-4-2-1-3-5-15)14-21-10-12-23-13-11-21/h1-9,18H,10-14H2/p+1/t18-/m0/s1. The molecule has 0 radical (unpaired) electrons. The van der Waals surface area contributed by atoms with E-state index in [1.165, 1.54) is 4.90 Å². The molecule has 0 saturated carbocycles. The third kappa shape index (κ3) is 4.20. The molecule has 1 aliphatic rings. The number of quaternary nitrogens is 1. The van der Waals surface area contributed by atoms with Gasteiger partial charge in [0.05, 0.1) is 25.7 Å². The number of halogens is 1. The molecule has 2 aromatic rings. The molecule has 0 bridgehead atoms. The fourth-order valence-corrected chi connectivity index (χ4v) is 3.14. The number of hydrogen-bond donors (Lipinski definition) is 1. The molecule has 0 amide bonds. The van der Waals surface area contributed by atoms with Crippen LogP contribution in [-0.4, -0.2) is 38.6 Å². The van der Waals surface area contributed by atoms with Gasteiger partial charge in [0.1, 0.15) is 13.1 Å². The number of benzene rings is 2. The van der Waals surface area contributed by atoms with Gasteiger partial charge in [-0.25, -0.2) is 0 Å². The first-order valence-electron chi connectivity index (χ1n) is 8.00. The number of ketones is 1. The molecule has 0 spiro atoms. The molecule has 23 heavy (non-hydrogen) atoms. The van der Waals surface area contributed by atoms with E-state index in [9.17, 15) is 4.79 Å². The largest absolute Gasteiger partial charge is 0.370 e. The lowest BCUT2D eigenvalue weighted by molar-refractivity contribution is -0.908. The molecule has 3 rings (SSSR count). The van der Waals surface area contributed by atoms with Crippen LogP contribution in [0.2, 0.25) is 5.02 Å². The number of nitrogens with one attached hydrogen (secondary N) is 1. The van der Waals surface area contributed by atoms with Crippen LogP contribution in [0.5, 0.6) is 0 Å². The second-order valence-electron chi connectivity index (χ2n) is 5.90. The summed E-state index contributed by atoms with van der Waals surface area (Å²) in [5.41, 5.74) is 1.79. The van der Waals surface area contributed by atoms with Gasteiger partial charge in [0.25, 0.3) is 0 Å².